The molecule has 2 unspecified atom stereocenters. The van der Waals surface area contributed by atoms with Crippen molar-refractivity contribution >= 4 is 22.9 Å². The normalized spacial score (nSPS) is 25.2. The maximum atomic E-state index is 10.7. The number of likely N-dealkylation sites (tertiary alicyclic amines) is 1. The van der Waals surface area contributed by atoms with E-state index in [2.05, 4.69) is 0 Å². The quantitative estimate of drug-likeness (QED) is 0.655. The van der Waals surface area contributed by atoms with Gasteiger partial charge in [0.1, 0.15) is 0 Å². The van der Waals surface area contributed by atoms with Gasteiger partial charge in [-0.3, -0.25) is 0 Å². The second-order valence-corrected chi connectivity index (χ2v) is 3.85. The summed E-state index contributed by atoms with van der Waals surface area (Å²) in [6, 6.07) is 0.307. The molecule has 1 rings (SSSR count). The second-order valence-electron chi connectivity index (χ2n) is 2.86. The summed E-state index contributed by atoms with van der Waals surface area (Å²) in [6.07, 6.45) is 2.55. The fourth-order valence-corrected chi connectivity index (χ4v) is 2.53. The first-order chi connectivity index (χ1) is 5.25. The number of carbonyl (C=O) groups is 1. The molecule has 1 heterocycles. The maximum absolute atomic E-state index is 10.7. The van der Waals surface area contributed by atoms with Gasteiger partial charge in [0.05, 0.1) is 0 Å². The summed E-state index contributed by atoms with van der Waals surface area (Å²) in [5.41, 5.74) is 0. The number of carboxylic acid groups (broad SMARTS) is 1. The van der Waals surface area contributed by atoms with Crippen LogP contribution in [0.5, 0.6) is 0 Å². The van der Waals surface area contributed by atoms with E-state index < -0.39 is 6.09 Å². The molecule has 0 aliphatic carbocycles. The standard InChI is InChI=1S/C7H14AsNO2/c8-5-6-3-1-2-4-9(6)7(10)11/h6H,1-5,8H2,(H,10,11). The van der Waals surface area contributed by atoms with Crippen LogP contribution in [0.2, 0.25) is 5.21 Å². The fourth-order valence-electron chi connectivity index (χ4n) is 1.50. The monoisotopic (exact) mass is 219 g/mol. The van der Waals surface area contributed by atoms with Crippen molar-refractivity contribution in [1.29, 1.82) is 0 Å². The molecule has 1 aliphatic rings. The molecule has 1 N–H and O–H groups in total. The van der Waals surface area contributed by atoms with Crippen LogP contribution in [0.25, 0.3) is 0 Å². The molecule has 0 bridgehead atoms. The minimum atomic E-state index is -0.743. The number of nitrogens with zero attached hydrogens (tertiary/aromatic N) is 1. The summed E-state index contributed by atoms with van der Waals surface area (Å²) >= 11 is 1.63. The number of hydrogen-bond donors (Lipinski definition) is 1. The molecule has 0 aromatic rings. The molecule has 0 aromatic heterocycles. The van der Waals surface area contributed by atoms with Crippen LogP contribution in [0.1, 0.15) is 19.3 Å². The first kappa shape index (κ1) is 8.92. The molecule has 3 nitrogen and oxygen atoms in total. The Balaban J connectivity index is 2.51. The Morgan fingerprint density at radius 2 is 2.36 bits per heavy atom. The van der Waals surface area contributed by atoms with Crippen LogP contribution in [0, 0.1) is 0 Å². The van der Waals surface area contributed by atoms with Crippen LogP contribution in [-0.4, -0.2) is 45.5 Å². The number of rotatable bonds is 1. The van der Waals surface area contributed by atoms with Crippen LogP contribution >= 0.6 is 0 Å². The van der Waals surface area contributed by atoms with Crippen molar-refractivity contribution in [2.75, 3.05) is 6.54 Å². The molecular weight excluding hydrogens is 205 g/mol. The SMILES string of the molecule is O=C(O)N1CCCCC1C[AsH2]. The third-order valence-corrected chi connectivity index (χ3v) is 3.29. The van der Waals surface area contributed by atoms with Gasteiger partial charge in [-0.05, 0) is 0 Å². The Hall–Kier alpha value is -0.172. The van der Waals surface area contributed by atoms with Crippen LogP contribution in [0.4, 0.5) is 4.79 Å². The fraction of sp³-hybridized carbons (Fsp3) is 0.857. The van der Waals surface area contributed by atoms with Crippen LogP contribution < -0.4 is 0 Å². The van der Waals surface area contributed by atoms with Crippen molar-refractivity contribution in [3.63, 3.8) is 0 Å². The third-order valence-electron chi connectivity index (χ3n) is 2.14. The van der Waals surface area contributed by atoms with Crippen LogP contribution in [-0.2, 0) is 0 Å². The molecule has 1 saturated heterocycles. The van der Waals surface area contributed by atoms with Crippen molar-refractivity contribution < 1.29 is 9.90 Å². The zero-order valence-electron chi connectivity index (χ0n) is 6.49. The molecule has 0 saturated carbocycles. The van der Waals surface area contributed by atoms with E-state index in [4.69, 9.17) is 5.11 Å². The Labute approximate surface area is 75.3 Å². The van der Waals surface area contributed by atoms with E-state index in [0.29, 0.717) is 6.04 Å². The molecule has 0 spiro atoms. The van der Waals surface area contributed by atoms with Crippen LogP contribution in [0.3, 0.4) is 0 Å². The molecule has 64 valence electrons. The molecule has 1 amide bonds. The van der Waals surface area contributed by atoms with E-state index in [9.17, 15) is 4.79 Å². The number of amides is 1. The molecular formula is C7H14AsNO2. The van der Waals surface area contributed by atoms with E-state index in [-0.39, 0.29) is 0 Å². The van der Waals surface area contributed by atoms with Gasteiger partial charge < -0.3 is 0 Å². The van der Waals surface area contributed by atoms with Crippen molar-refractivity contribution in [3.05, 3.63) is 0 Å². The van der Waals surface area contributed by atoms with Gasteiger partial charge in [0, 0.05) is 0 Å². The Bertz CT molecular complexity index is 151. The molecule has 0 radical (unpaired) electrons. The number of hydrogen-bond acceptors (Lipinski definition) is 1. The molecule has 1 aliphatic heterocycles. The molecule has 0 aromatic carbocycles. The van der Waals surface area contributed by atoms with Crippen molar-refractivity contribution in [2.24, 2.45) is 0 Å². The molecule has 1 fully saturated rings. The van der Waals surface area contributed by atoms with Gasteiger partial charge in [0.2, 0.25) is 0 Å². The van der Waals surface area contributed by atoms with Gasteiger partial charge in [0.25, 0.3) is 0 Å². The topological polar surface area (TPSA) is 40.5 Å². The summed E-state index contributed by atoms with van der Waals surface area (Å²) in [4.78, 5) is 12.2. The summed E-state index contributed by atoms with van der Waals surface area (Å²) < 4.78 is 0. The van der Waals surface area contributed by atoms with Gasteiger partial charge in [0.15, 0.2) is 0 Å². The van der Waals surface area contributed by atoms with Gasteiger partial charge >= 0.3 is 74.8 Å². The number of piperidine rings is 1. The minimum absolute atomic E-state index is 0.307. The Kier molecular flexibility index (Phi) is 3.25. The first-order valence-electron chi connectivity index (χ1n) is 3.95. The summed E-state index contributed by atoms with van der Waals surface area (Å²) in [5.74, 6) is 0. The van der Waals surface area contributed by atoms with E-state index in [1.807, 2.05) is 0 Å². The molecule has 4 heteroatoms. The summed E-state index contributed by atoms with van der Waals surface area (Å²) in [5, 5.41) is 9.79. The zero-order valence-corrected chi connectivity index (χ0v) is 8.92. The molecule has 2 atom stereocenters. The van der Waals surface area contributed by atoms with E-state index >= 15 is 0 Å². The average molecular weight is 219 g/mol. The van der Waals surface area contributed by atoms with Gasteiger partial charge in [-0.1, -0.05) is 0 Å². The van der Waals surface area contributed by atoms with E-state index in [1.165, 1.54) is 6.42 Å². The van der Waals surface area contributed by atoms with Gasteiger partial charge in [-0.2, -0.15) is 0 Å². The first-order valence-corrected chi connectivity index (χ1v) is 5.66. The van der Waals surface area contributed by atoms with Crippen LogP contribution in [0.15, 0.2) is 0 Å². The third kappa shape index (κ3) is 2.13. The van der Waals surface area contributed by atoms with Crippen molar-refractivity contribution in [3.8, 4) is 0 Å². The summed E-state index contributed by atoms with van der Waals surface area (Å²) in [7, 11) is 0. The van der Waals surface area contributed by atoms with Gasteiger partial charge in [-0.15, -0.1) is 0 Å². The van der Waals surface area contributed by atoms with E-state index in [1.54, 1.807) is 21.8 Å². The zero-order chi connectivity index (χ0) is 8.27. The molecule has 11 heavy (non-hydrogen) atoms. The summed E-state index contributed by atoms with van der Waals surface area (Å²) in [6.45, 7) is 0.740. The average Bonchev–Trinajstić information content (AvgIpc) is 2.04. The van der Waals surface area contributed by atoms with Crippen molar-refractivity contribution in [2.45, 2.75) is 30.5 Å². The second kappa shape index (κ2) is 4.01. The van der Waals surface area contributed by atoms with Crippen molar-refractivity contribution in [1.82, 2.24) is 4.90 Å². The van der Waals surface area contributed by atoms with E-state index in [0.717, 1.165) is 24.6 Å². The van der Waals surface area contributed by atoms with Gasteiger partial charge in [-0.25, -0.2) is 0 Å². The predicted octanol–water partition coefficient (Wildman–Crippen LogP) is 0.570. The Morgan fingerprint density at radius 1 is 1.64 bits per heavy atom. The predicted molar refractivity (Wildman–Crippen MR) is 45.7 cm³/mol. The Morgan fingerprint density at radius 3 is 2.82 bits per heavy atom.